The van der Waals surface area contributed by atoms with Crippen LogP contribution in [0, 0.1) is 10.1 Å². The molecule has 88 valence electrons. The molecule has 0 saturated carbocycles. The largest absolute Gasteiger partial charge is 0.490 e. The molecular weight excluding hydrogens is 228 g/mol. The number of rotatable bonds is 6. The quantitative estimate of drug-likeness (QED) is 0.467. The van der Waals surface area contributed by atoms with E-state index in [0.29, 0.717) is 6.54 Å². The van der Waals surface area contributed by atoms with E-state index in [2.05, 4.69) is 0 Å². The van der Waals surface area contributed by atoms with Crippen LogP contribution in [0.4, 0.5) is 5.69 Å². The van der Waals surface area contributed by atoms with Gasteiger partial charge in [0.25, 0.3) is 0 Å². The van der Waals surface area contributed by atoms with Crippen molar-refractivity contribution in [1.29, 1.82) is 0 Å². The molecule has 0 spiro atoms. The highest BCUT2D eigenvalue weighted by Gasteiger charge is 2.14. The fraction of sp³-hybridized carbons (Fsp3) is 0.400. The van der Waals surface area contributed by atoms with Crippen LogP contribution in [0.3, 0.4) is 0 Å². The Morgan fingerprint density at radius 1 is 1.56 bits per heavy atom. The van der Waals surface area contributed by atoms with E-state index in [1.165, 1.54) is 7.11 Å². The summed E-state index contributed by atoms with van der Waals surface area (Å²) in [6.45, 7) is 0.614. The molecule has 0 bridgehead atoms. The van der Waals surface area contributed by atoms with Gasteiger partial charge in [0.1, 0.15) is 0 Å². The molecule has 0 aliphatic carbocycles. The highest BCUT2D eigenvalue weighted by molar-refractivity contribution is 7.98. The van der Waals surface area contributed by atoms with Crippen molar-refractivity contribution in [1.82, 2.24) is 0 Å². The van der Waals surface area contributed by atoms with Gasteiger partial charge in [0, 0.05) is 24.1 Å². The molecule has 2 N–H and O–H groups in total. The van der Waals surface area contributed by atoms with Gasteiger partial charge in [-0.15, -0.1) is 0 Å². The first-order chi connectivity index (χ1) is 7.69. The second kappa shape index (κ2) is 6.34. The Morgan fingerprint density at radius 2 is 2.31 bits per heavy atom. The van der Waals surface area contributed by atoms with Crippen molar-refractivity contribution in [3.8, 4) is 5.75 Å². The fourth-order valence-corrected chi connectivity index (χ4v) is 1.97. The molecule has 0 amide bonds. The first kappa shape index (κ1) is 12.8. The van der Waals surface area contributed by atoms with Crippen LogP contribution in [0.25, 0.3) is 0 Å². The lowest BCUT2D eigenvalue weighted by Crippen LogP contribution is -2.01. The fourth-order valence-electron chi connectivity index (χ4n) is 1.24. The summed E-state index contributed by atoms with van der Waals surface area (Å²) >= 11 is 1.65. The third-order valence-electron chi connectivity index (χ3n) is 1.97. The van der Waals surface area contributed by atoms with E-state index >= 15 is 0 Å². The van der Waals surface area contributed by atoms with E-state index in [1.807, 2.05) is 6.07 Å². The van der Waals surface area contributed by atoms with Crippen molar-refractivity contribution in [3.63, 3.8) is 0 Å². The highest BCUT2D eigenvalue weighted by Crippen LogP contribution is 2.28. The van der Waals surface area contributed by atoms with Crippen molar-refractivity contribution in [2.75, 3.05) is 19.4 Å². The van der Waals surface area contributed by atoms with Gasteiger partial charge in [-0.1, -0.05) is 6.07 Å². The number of ether oxygens (including phenoxy) is 1. The molecule has 0 aromatic heterocycles. The number of hydrogen-bond donors (Lipinski definition) is 1. The van der Waals surface area contributed by atoms with E-state index in [4.69, 9.17) is 10.5 Å². The molecule has 0 saturated heterocycles. The topological polar surface area (TPSA) is 78.4 Å². The van der Waals surface area contributed by atoms with Gasteiger partial charge in [-0.25, -0.2) is 0 Å². The van der Waals surface area contributed by atoms with E-state index in [0.717, 1.165) is 17.1 Å². The summed E-state index contributed by atoms with van der Waals surface area (Å²) in [5.74, 6) is 1.86. The molecule has 6 heteroatoms. The van der Waals surface area contributed by atoms with Gasteiger partial charge in [-0.2, -0.15) is 11.8 Å². The average molecular weight is 242 g/mol. The van der Waals surface area contributed by atoms with E-state index < -0.39 is 4.92 Å². The van der Waals surface area contributed by atoms with Crippen LogP contribution in [0.5, 0.6) is 5.75 Å². The zero-order chi connectivity index (χ0) is 12.0. The number of nitrogens with zero attached hydrogens (tertiary/aromatic N) is 1. The highest BCUT2D eigenvalue weighted by atomic mass is 32.2. The minimum atomic E-state index is -0.435. The number of hydrogen-bond acceptors (Lipinski definition) is 5. The summed E-state index contributed by atoms with van der Waals surface area (Å²) < 4.78 is 4.92. The van der Waals surface area contributed by atoms with Crippen LogP contribution >= 0.6 is 11.8 Å². The van der Waals surface area contributed by atoms with Crippen molar-refractivity contribution in [3.05, 3.63) is 33.9 Å². The number of methoxy groups -OCH3 is 1. The van der Waals surface area contributed by atoms with E-state index in [9.17, 15) is 10.1 Å². The Balaban J connectivity index is 2.81. The molecule has 0 aliphatic heterocycles. The molecule has 5 nitrogen and oxygen atoms in total. The maximum absolute atomic E-state index is 10.8. The summed E-state index contributed by atoms with van der Waals surface area (Å²) in [5.41, 5.74) is 6.28. The first-order valence-corrected chi connectivity index (χ1v) is 5.93. The van der Waals surface area contributed by atoms with E-state index in [-0.39, 0.29) is 11.4 Å². The molecule has 0 heterocycles. The van der Waals surface area contributed by atoms with Crippen molar-refractivity contribution in [2.45, 2.75) is 5.75 Å². The zero-order valence-electron chi connectivity index (χ0n) is 9.01. The summed E-state index contributed by atoms with van der Waals surface area (Å²) in [6, 6.07) is 4.99. The molecule has 0 atom stereocenters. The molecule has 1 aromatic carbocycles. The molecule has 0 radical (unpaired) electrons. The normalized spacial score (nSPS) is 10.1. The predicted molar refractivity (Wildman–Crippen MR) is 64.9 cm³/mol. The van der Waals surface area contributed by atoms with Gasteiger partial charge in [-0.05, 0) is 11.6 Å². The van der Waals surface area contributed by atoms with Gasteiger partial charge in [0.2, 0.25) is 0 Å². The minimum Gasteiger partial charge on any atom is -0.490 e. The maximum Gasteiger partial charge on any atom is 0.311 e. The van der Waals surface area contributed by atoms with Crippen LogP contribution in [0.2, 0.25) is 0 Å². The molecule has 0 unspecified atom stereocenters. The van der Waals surface area contributed by atoms with Crippen molar-refractivity contribution < 1.29 is 9.66 Å². The lowest BCUT2D eigenvalue weighted by molar-refractivity contribution is -0.385. The average Bonchev–Trinajstić information content (AvgIpc) is 2.29. The molecule has 0 fully saturated rings. The maximum atomic E-state index is 10.8. The summed E-state index contributed by atoms with van der Waals surface area (Å²) in [5, 5.41) is 10.8. The standard InChI is InChI=1S/C10H14N2O3S/c1-15-10-3-2-8(7-16-5-4-11)6-9(10)12(13)14/h2-3,6H,4-5,7,11H2,1H3. The lowest BCUT2D eigenvalue weighted by atomic mass is 10.2. The Morgan fingerprint density at radius 3 is 2.88 bits per heavy atom. The van der Waals surface area contributed by atoms with Gasteiger partial charge in [-0.3, -0.25) is 10.1 Å². The summed E-state index contributed by atoms with van der Waals surface area (Å²) in [7, 11) is 1.42. The van der Waals surface area contributed by atoms with Crippen LogP contribution in [-0.4, -0.2) is 24.3 Å². The van der Waals surface area contributed by atoms with Gasteiger partial charge >= 0.3 is 5.69 Å². The van der Waals surface area contributed by atoms with Crippen LogP contribution in [-0.2, 0) is 5.75 Å². The second-order valence-electron chi connectivity index (χ2n) is 3.10. The summed E-state index contributed by atoms with van der Waals surface area (Å²) in [6.07, 6.45) is 0. The SMILES string of the molecule is COc1ccc(CSCCN)cc1[N+](=O)[O-]. The Bertz CT molecular complexity index is 371. The first-order valence-electron chi connectivity index (χ1n) is 4.78. The number of nitro groups is 1. The molecular formula is C10H14N2O3S. The Labute approximate surface area is 98.1 Å². The third kappa shape index (κ3) is 3.39. The number of thioether (sulfide) groups is 1. The van der Waals surface area contributed by atoms with Crippen LogP contribution in [0.1, 0.15) is 5.56 Å². The third-order valence-corrected chi connectivity index (χ3v) is 3.03. The Kier molecular flexibility index (Phi) is 5.07. The Hall–Kier alpha value is -1.27. The van der Waals surface area contributed by atoms with Crippen LogP contribution < -0.4 is 10.5 Å². The van der Waals surface area contributed by atoms with E-state index in [1.54, 1.807) is 23.9 Å². The van der Waals surface area contributed by atoms with Gasteiger partial charge in [0.15, 0.2) is 5.75 Å². The lowest BCUT2D eigenvalue weighted by Gasteiger charge is -2.04. The molecule has 16 heavy (non-hydrogen) atoms. The zero-order valence-corrected chi connectivity index (χ0v) is 9.83. The van der Waals surface area contributed by atoms with Gasteiger partial charge < -0.3 is 10.5 Å². The second-order valence-corrected chi connectivity index (χ2v) is 4.21. The molecule has 0 aliphatic rings. The van der Waals surface area contributed by atoms with Crippen molar-refractivity contribution >= 4 is 17.4 Å². The molecule has 1 aromatic rings. The summed E-state index contributed by atoms with van der Waals surface area (Å²) in [4.78, 5) is 10.3. The molecule has 1 rings (SSSR count). The van der Waals surface area contributed by atoms with Gasteiger partial charge in [0.05, 0.1) is 12.0 Å². The number of benzene rings is 1. The number of nitrogens with two attached hydrogens (primary N) is 1. The number of nitro benzene ring substituents is 1. The minimum absolute atomic E-state index is 0.00773. The monoisotopic (exact) mass is 242 g/mol. The smallest absolute Gasteiger partial charge is 0.311 e. The van der Waals surface area contributed by atoms with Crippen LogP contribution in [0.15, 0.2) is 18.2 Å². The predicted octanol–water partition coefficient (Wildman–Crippen LogP) is 1.80. The van der Waals surface area contributed by atoms with Crippen molar-refractivity contribution in [2.24, 2.45) is 5.73 Å².